The fraction of sp³-hybridized carbons (Fsp3) is 0.556. The van der Waals surface area contributed by atoms with Gasteiger partial charge in [-0.25, -0.2) is 4.79 Å². The van der Waals surface area contributed by atoms with E-state index in [1.807, 2.05) is 30.3 Å². The normalized spacial score (nSPS) is 19.2. The van der Waals surface area contributed by atoms with Crippen molar-refractivity contribution in [2.45, 2.75) is 38.9 Å². The molecule has 1 aliphatic heterocycles. The molecule has 6 nitrogen and oxygen atoms in total. The molecular weight excluding hydrogens is 308 g/mol. The summed E-state index contributed by atoms with van der Waals surface area (Å²) in [5, 5.41) is 10.1. The molecule has 1 saturated heterocycles. The van der Waals surface area contributed by atoms with E-state index < -0.39 is 17.8 Å². The molecule has 1 atom stereocenters. The van der Waals surface area contributed by atoms with Crippen LogP contribution in [0.5, 0.6) is 0 Å². The van der Waals surface area contributed by atoms with Crippen LogP contribution in [-0.4, -0.2) is 64.8 Å². The Morgan fingerprint density at radius 1 is 1.25 bits per heavy atom. The summed E-state index contributed by atoms with van der Waals surface area (Å²) in [5.41, 5.74) is 0.498. The number of hydrogen-bond acceptors (Lipinski definition) is 4. The van der Waals surface area contributed by atoms with Gasteiger partial charge >= 0.3 is 6.09 Å². The van der Waals surface area contributed by atoms with Crippen LogP contribution in [0.25, 0.3) is 0 Å². The van der Waals surface area contributed by atoms with Crippen molar-refractivity contribution >= 4 is 12.0 Å². The Kier molecular flexibility index (Phi) is 5.83. The molecule has 1 fully saturated rings. The van der Waals surface area contributed by atoms with Crippen molar-refractivity contribution in [1.29, 1.82) is 0 Å². The third-order valence-corrected chi connectivity index (χ3v) is 3.71. The molecule has 0 bridgehead atoms. The molecule has 0 radical (unpaired) electrons. The van der Waals surface area contributed by atoms with Gasteiger partial charge in [0, 0.05) is 13.1 Å². The van der Waals surface area contributed by atoms with Crippen molar-refractivity contribution in [3.05, 3.63) is 35.9 Å². The molecule has 0 aliphatic carbocycles. The minimum absolute atomic E-state index is 0.0687. The highest BCUT2D eigenvalue weighted by atomic mass is 16.6. The van der Waals surface area contributed by atoms with Crippen LogP contribution < -0.4 is 0 Å². The number of β-amino-alcohol motifs (C(OH)–C–C–N with tert-alkyl or cyclic N) is 1. The molecule has 0 aromatic heterocycles. The Morgan fingerprint density at radius 3 is 2.54 bits per heavy atom. The number of carbonyl (C=O) groups excluding carboxylic acids is 2. The van der Waals surface area contributed by atoms with Crippen molar-refractivity contribution < 1.29 is 19.4 Å². The zero-order valence-electron chi connectivity index (χ0n) is 14.6. The first-order valence-electron chi connectivity index (χ1n) is 8.22. The van der Waals surface area contributed by atoms with Crippen LogP contribution >= 0.6 is 0 Å². The molecule has 24 heavy (non-hydrogen) atoms. The number of nitrogens with zero attached hydrogens (tertiary/aromatic N) is 2. The average molecular weight is 334 g/mol. The second-order valence-electron chi connectivity index (χ2n) is 7.09. The summed E-state index contributed by atoms with van der Waals surface area (Å²) in [6.45, 7) is 6.09. The summed E-state index contributed by atoms with van der Waals surface area (Å²) in [7, 11) is 0. The van der Waals surface area contributed by atoms with E-state index in [0.29, 0.717) is 13.0 Å². The highest BCUT2D eigenvalue weighted by Gasteiger charge is 2.31. The van der Waals surface area contributed by atoms with Gasteiger partial charge in [0.25, 0.3) is 0 Å². The number of hydrogen-bond donors (Lipinski definition) is 1. The minimum Gasteiger partial charge on any atom is -0.444 e. The van der Waals surface area contributed by atoms with Gasteiger partial charge in [0.1, 0.15) is 12.1 Å². The minimum atomic E-state index is -0.778. The molecule has 1 aliphatic rings. The summed E-state index contributed by atoms with van der Waals surface area (Å²) >= 11 is 0. The third-order valence-electron chi connectivity index (χ3n) is 3.71. The first kappa shape index (κ1) is 18.3. The van der Waals surface area contributed by atoms with E-state index in [1.165, 1.54) is 4.90 Å². The second-order valence-corrected chi connectivity index (χ2v) is 7.09. The molecule has 0 saturated carbocycles. The summed E-state index contributed by atoms with van der Waals surface area (Å²) in [6, 6.07) is 9.87. The van der Waals surface area contributed by atoms with Crippen LogP contribution in [-0.2, 0) is 16.0 Å². The SMILES string of the molecule is CC(C)(C)OC(=O)N1CC(=O)N(CCc2ccccc2)CC(O)C1. The largest absolute Gasteiger partial charge is 0.444 e. The van der Waals surface area contributed by atoms with Crippen LogP contribution in [0.3, 0.4) is 0 Å². The number of aliphatic hydroxyl groups is 1. The summed E-state index contributed by atoms with van der Waals surface area (Å²) in [4.78, 5) is 27.5. The lowest BCUT2D eigenvalue weighted by Crippen LogP contribution is -2.42. The van der Waals surface area contributed by atoms with Crippen molar-refractivity contribution in [3.8, 4) is 0 Å². The Labute approximate surface area is 143 Å². The average Bonchev–Trinajstić information content (AvgIpc) is 2.63. The van der Waals surface area contributed by atoms with E-state index in [0.717, 1.165) is 5.56 Å². The zero-order chi connectivity index (χ0) is 17.7. The molecule has 0 spiro atoms. The number of amides is 2. The summed E-state index contributed by atoms with van der Waals surface area (Å²) < 4.78 is 5.30. The van der Waals surface area contributed by atoms with Crippen LogP contribution in [0, 0.1) is 0 Å². The standard InChI is InChI=1S/C18H26N2O4/c1-18(2,3)24-17(23)20-12-15(21)11-19(16(22)13-20)10-9-14-7-5-4-6-8-14/h4-8,15,21H,9-13H2,1-3H3. The van der Waals surface area contributed by atoms with Gasteiger partial charge in [0.15, 0.2) is 0 Å². The van der Waals surface area contributed by atoms with Crippen molar-refractivity contribution in [2.24, 2.45) is 0 Å². The highest BCUT2D eigenvalue weighted by molar-refractivity contribution is 5.83. The van der Waals surface area contributed by atoms with Crippen molar-refractivity contribution in [3.63, 3.8) is 0 Å². The quantitative estimate of drug-likeness (QED) is 0.913. The van der Waals surface area contributed by atoms with Gasteiger partial charge < -0.3 is 14.7 Å². The topological polar surface area (TPSA) is 70.1 Å². The smallest absolute Gasteiger partial charge is 0.410 e. The van der Waals surface area contributed by atoms with Gasteiger partial charge in [-0.1, -0.05) is 30.3 Å². The third kappa shape index (κ3) is 5.53. The maximum atomic E-state index is 12.4. The first-order chi connectivity index (χ1) is 11.2. The molecule has 1 N–H and O–H groups in total. The van der Waals surface area contributed by atoms with Gasteiger partial charge in [-0.15, -0.1) is 0 Å². The van der Waals surface area contributed by atoms with Gasteiger partial charge in [-0.05, 0) is 32.8 Å². The van der Waals surface area contributed by atoms with E-state index >= 15 is 0 Å². The number of benzene rings is 1. The predicted molar refractivity (Wildman–Crippen MR) is 90.5 cm³/mol. The van der Waals surface area contributed by atoms with Gasteiger partial charge in [-0.3, -0.25) is 9.69 Å². The number of ether oxygens (including phenoxy) is 1. The molecule has 2 amide bonds. The maximum absolute atomic E-state index is 12.4. The second kappa shape index (κ2) is 7.66. The molecule has 1 aromatic rings. The lowest BCUT2D eigenvalue weighted by Gasteiger charge is -2.26. The number of carbonyl (C=O) groups is 2. The van der Waals surface area contributed by atoms with Crippen LogP contribution in [0.2, 0.25) is 0 Å². The lowest BCUT2D eigenvalue weighted by molar-refractivity contribution is -0.131. The molecule has 6 heteroatoms. The lowest BCUT2D eigenvalue weighted by atomic mass is 10.1. The Bertz CT molecular complexity index is 568. The molecule has 1 aromatic carbocycles. The number of aliphatic hydroxyl groups excluding tert-OH is 1. The number of rotatable bonds is 3. The molecular formula is C18H26N2O4. The molecule has 132 valence electrons. The van der Waals surface area contributed by atoms with Gasteiger partial charge in [-0.2, -0.15) is 0 Å². The molecule has 1 unspecified atom stereocenters. The zero-order valence-corrected chi connectivity index (χ0v) is 14.6. The predicted octanol–water partition coefficient (Wildman–Crippen LogP) is 1.67. The van der Waals surface area contributed by atoms with E-state index in [-0.39, 0.29) is 25.5 Å². The Balaban J connectivity index is 1.97. The summed E-state index contributed by atoms with van der Waals surface area (Å²) in [5.74, 6) is -0.173. The van der Waals surface area contributed by atoms with Gasteiger partial charge in [0.05, 0.1) is 12.6 Å². The van der Waals surface area contributed by atoms with Crippen LogP contribution in [0.15, 0.2) is 30.3 Å². The maximum Gasteiger partial charge on any atom is 0.410 e. The van der Waals surface area contributed by atoms with Crippen molar-refractivity contribution in [1.82, 2.24) is 9.80 Å². The van der Waals surface area contributed by atoms with Crippen molar-refractivity contribution in [2.75, 3.05) is 26.2 Å². The van der Waals surface area contributed by atoms with E-state index in [1.54, 1.807) is 25.7 Å². The highest BCUT2D eigenvalue weighted by Crippen LogP contribution is 2.13. The Hall–Kier alpha value is -2.08. The molecule has 2 rings (SSSR count). The molecule has 1 heterocycles. The van der Waals surface area contributed by atoms with E-state index in [2.05, 4.69) is 0 Å². The van der Waals surface area contributed by atoms with Crippen LogP contribution in [0.4, 0.5) is 4.79 Å². The fourth-order valence-corrected chi connectivity index (χ4v) is 2.59. The fourth-order valence-electron chi connectivity index (χ4n) is 2.59. The van der Waals surface area contributed by atoms with E-state index in [4.69, 9.17) is 4.74 Å². The monoisotopic (exact) mass is 334 g/mol. The summed E-state index contributed by atoms with van der Waals surface area (Å²) in [6.07, 6.45) is -0.634. The van der Waals surface area contributed by atoms with Crippen LogP contribution in [0.1, 0.15) is 26.3 Å². The van der Waals surface area contributed by atoms with E-state index in [9.17, 15) is 14.7 Å². The Morgan fingerprint density at radius 2 is 1.92 bits per heavy atom. The van der Waals surface area contributed by atoms with Gasteiger partial charge in [0.2, 0.25) is 5.91 Å². The first-order valence-corrected chi connectivity index (χ1v) is 8.22.